The molecule has 1 aromatic heterocycles. The molecule has 5 unspecified atom stereocenters. The number of aliphatic carboxylic acids is 1. The van der Waals surface area contributed by atoms with Crippen LogP contribution in [0.4, 0.5) is 0 Å². The van der Waals surface area contributed by atoms with Gasteiger partial charge in [0.1, 0.15) is 4.90 Å². The number of rotatable bonds is 7. The maximum atomic E-state index is 13.5. The first-order valence-electron chi connectivity index (χ1n) is 15.6. The maximum Gasteiger partial charge on any atom is 0.303 e. The molecule has 2 N–H and O–H groups in total. The quantitative estimate of drug-likeness (QED) is 0.375. The number of nitrogens with zero attached hydrogens (tertiary/aromatic N) is 1. The van der Waals surface area contributed by atoms with Crippen LogP contribution in [-0.2, 0) is 14.8 Å². The molecule has 0 spiro atoms. The predicted molar refractivity (Wildman–Crippen MR) is 157 cm³/mol. The van der Waals surface area contributed by atoms with Crippen LogP contribution in [0, 0.1) is 46.3 Å². The van der Waals surface area contributed by atoms with Gasteiger partial charge >= 0.3 is 5.97 Å². The molecular weight excluding hydrogens is 520 g/mol. The Morgan fingerprint density at radius 2 is 1.77 bits per heavy atom. The van der Waals surface area contributed by atoms with Gasteiger partial charge in [-0.25, -0.2) is 13.1 Å². The summed E-state index contributed by atoms with van der Waals surface area (Å²) in [7, 11) is -3.66. The Kier molecular flexibility index (Phi) is 7.30. The predicted octanol–water partition coefficient (Wildman–Crippen LogP) is 7.04. The van der Waals surface area contributed by atoms with Crippen molar-refractivity contribution in [1.82, 2.24) is 9.71 Å². The monoisotopic (exact) mass is 566 g/mol. The number of benzene rings is 1. The Bertz CT molecular complexity index is 1370. The number of hydrogen-bond acceptors (Lipinski definition) is 4. The smallest absolute Gasteiger partial charge is 0.303 e. The molecule has 0 aliphatic heterocycles. The molecule has 1 heterocycles. The van der Waals surface area contributed by atoms with Crippen LogP contribution in [0.3, 0.4) is 0 Å². The molecule has 218 valence electrons. The number of nitrogens with one attached hydrogen (secondary N) is 1. The number of carboxylic acid groups (broad SMARTS) is 1. The van der Waals surface area contributed by atoms with Gasteiger partial charge in [0.15, 0.2) is 0 Å². The first kappa shape index (κ1) is 28.1. The molecule has 4 saturated carbocycles. The highest BCUT2D eigenvalue weighted by Crippen LogP contribution is 2.68. The van der Waals surface area contributed by atoms with Gasteiger partial charge in [-0.3, -0.25) is 9.78 Å². The fourth-order valence-electron chi connectivity index (χ4n) is 10.5. The normalized spacial score (nSPS) is 38.3. The molecule has 6 nitrogen and oxygen atoms in total. The molecule has 7 heteroatoms. The minimum atomic E-state index is -3.66. The van der Waals surface area contributed by atoms with E-state index in [-0.39, 0.29) is 22.8 Å². The van der Waals surface area contributed by atoms with Gasteiger partial charge in [-0.1, -0.05) is 39.0 Å². The Morgan fingerprint density at radius 1 is 1.02 bits per heavy atom. The van der Waals surface area contributed by atoms with Crippen LogP contribution in [-0.4, -0.2) is 30.5 Å². The fourth-order valence-corrected chi connectivity index (χ4v) is 11.9. The van der Waals surface area contributed by atoms with E-state index in [0.717, 1.165) is 48.8 Å². The van der Waals surface area contributed by atoms with Crippen molar-refractivity contribution >= 4 is 26.9 Å². The van der Waals surface area contributed by atoms with Crippen molar-refractivity contribution in [3.63, 3.8) is 0 Å². The van der Waals surface area contributed by atoms with Gasteiger partial charge in [-0.15, -0.1) is 0 Å². The van der Waals surface area contributed by atoms with Crippen LogP contribution >= 0.6 is 0 Å². The molecule has 0 radical (unpaired) electrons. The number of fused-ring (bicyclic) bond motifs is 6. The Balaban J connectivity index is 1.15. The maximum absolute atomic E-state index is 13.5. The Morgan fingerprint density at radius 3 is 2.58 bits per heavy atom. The number of para-hydroxylation sites is 1. The summed E-state index contributed by atoms with van der Waals surface area (Å²) in [6.45, 7) is 7.35. The van der Waals surface area contributed by atoms with Crippen molar-refractivity contribution in [1.29, 1.82) is 0 Å². The zero-order valence-electron chi connectivity index (χ0n) is 24.3. The van der Waals surface area contributed by atoms with Crippen molar-refractivity contribution < 1.29 is 18.3 Å². The third-order valence-electron chi connectivity index (χ3n) is 12.4. The van der Waals surface area contributed by atoms with Crippen LogP contribution in [0.15, 0.2) is 41.4 Å². The standard InChI is InChI=1S/C33H46N2O4S/c1-21(9-14-30(36)37)26-12-13-27-25-11-10-23-20-24(15-17-32(23,2)28(25)16-18-33(26,27)3)35-40(38,39)29-8-4-6-22-7-5-19-34-31(22)29/h4-8,19,21,23-28,35H,9-18,20H2,1-3H3,(H,36,37)/t21?,23-,24-,25?,26?,27?,28?,32+,33-/m1/s1. The average molecular weight is 567 g/mol. The topological polar surface area (TPSA) is 96.4 Å². The van der Waals surface area contributed by atoms with E-state index < -0.39 is 16.0 Å². The fraction of sp³-hybridized carbons (Fsp3) is 0.697. The van der Waals surface area contributed by atoms with Crippen molar-refractivity contribution in [2.24, 2.45) is 46.3 Å². The Hall–Kier alpha value is -1.99. The van der Waals surface area contributed by atoms with Gasteiger partial charge in [0.2, 0.25) is 10.0 Å². The third-order valence-corrected chi connectivity index (χ3v) is 14.0. The molecule has 4 aliphatic carbocycles. The average Bonchev–Trinajstić information content (AvgIpc) is 3.28. The summed E-state index contributed by atoms with van der Waals surface area (Å²) in [4.78, 5) is 15.9. The molecule has 0 amide bonds. The third kappa shape index (κ3) is 4.69. The highest BCUT2D eigenvalue weighted by Gasteiger charge is 2.60. The molecule has 9 atom stereocenters. The summed E-state index contributed by atoms with van der Waals surface area (Å²) in [5.74, 6) is 3.21. The number of carbonyl (C=O) groups is 1. The van der Waals surface area contributed by atoms with Crippen molar-refractivity contribution in [3.8, 4) is 0 Å². The van der Waals surface area contributed by atoms with E-state index in [9.17, 15) is 18.3 Å². The van der Waals surface area contributed by atoms with E-state index in [4.69, 9.17) is 0 Å². The Labute approximate surface area is 239 Å². The lowest BCUT2D eigenvalue weighted by molar-refractivity contribution is -0.137. The van der Waals surface area contributed by atoms with Crippen LogP contribution in [0.2, 0.25) is 0 Å². The number of sulfonamides is 1. The SMILES string of the molecule is CC(CCC(=O)O)C1CCC2C3CC[C@@H]4C[C@H](NS(=O)(=O)c5cccc6cccnc56)CC[C@]4(C)C3CC[C@]12C. The lowest BCUT2D eigenvalue weighted by atomic mass is 9.44. The minimum Gasteiger partial charge on any atom is -0.481 e. The zero-order chi connectivity index (χ0) is 28.3. The number of carboxylic acids is 1. The molecular formula is C33H46N2O4S. The molecule has 0 saturated heterocycles. The highest BCUT2D eigenvalue weighted by atomic mass is 32.2. The molecule has 4 fully saturated rings. The van der Waals surface area contributed by atoms with Gasteiger partial charge in [-0.2, -0.15) is 0 Å². The van der Waals surface area contributed by atoms with E-state index >= 15 is 0 Å². The zero-order valence-corrected chi connectivity index (χ0v) is 25.1. The second kappa shape index (κ2) is 10.4. The highest BCUT2D eigenvalue weighted by molar-refractivity contribution is 7.89. The van der Waals surface area contributed by atoms with Crippen LogP contribution in [0.1, 0.15) is 91.4 Å². The van der Waals surface area contributed by atoms with Crippen LogP contribution in [0.5, 0.6) is 0 Å². The van der Waals surface area contributed by atoms with Gasteiger partial charge in [0, 0.05) is 24.0 Å². The molecule has 4 aliphatic rings. The van der Waals surface area contributed by atoms with E-state index in [2.05, 4.69) is 30.5 Å². The van der Waals surface area contributed by atoms with Crippen LogP contribution in [0.25, 0.3) is 10.9 Å². The second-order valence-corrected chi connectivity index (χ2v) is 15.9. The first-order valence-corrected chi connectivity index (χ1v) is 17.1. The van der Waals surface area contributed by atoms with E-state index in [0.29, 0.717) is 28.7 Å². The summed E-state index contributed by atoms with van der Waals surface area (Å²) in [6, 6.07) is 9.10. The minimum absolute atomic E-state index is 0.0293. The van der Waals surface area contributed by atoms with E-state index in [1.165, 1.54) is 38.5 Å². The van der Waals surface area contributed by atoms with Crippen LogP contribution < -0.4 is 4.72 Å². The summed E-state index contributed by atoms with van der Waals surface area (Å²) in [5.41, 5.74) is 1.15. The lowest BCUT2D eigenvalue weighted by Gasteiger charge is -2.61. The number of pyridine rings is 1. The second-order valence-electron chi connectivity index (χ2n) is 14.2. The van der Waals surface area contributed by atoms with Gasteiger partial charge < -0.3 is 5.11 Å². The molecule has 6 rings (SSSR count). The molecule has 0 bridgehead atoms. The summed E-state index contributed by atoms with van der Waals surface area (Å²) in [6.07, 6.45) is 13.2. The van der Waals surface area contributed by atoms with Crippen molar-refractivity contribution in [2.75, 3.05) is 0 Å². The summed E-state index contributed by atoms with van der Waals surface area (Å²) in [5, 5.41) is 10.1. The molecule has 40 heavy (non-hydrogen) atoms. The lowest BCUT2D eigenvalue weighted by Crippen LogP contribution is -2.55. The van der Waals surface area contributed by atoms with Gasteiger partial charge in [0.25, 0.3) is 0 Å². The summed E-state index contributed by atoms with van der Waals surface area (Å²) < 4.78 is 30.2. The van der Waals surface area contributed by atoms with E-state index in [1.807, 2.05) is 18.2 Å². The van der Waals surface area contributed by atoms with Gasteiger partial charge in [0.05, 0.1) is 5.52 Å². The number of aromatic nitrogens is 1. The van der Waals surface area contributed by atoms with Crippen molar-refractivity contribution in [3.05, 3.63) is 36.5 Å². The first-order chi connectivity index (χ1) is 19.0. The van der Waals surface area contributed by atoms with E-state index in [1.54, 1.807) is 18.3 Å². The number of hydrogen-bond donors (Lipinski definition) is 2. The van der Waals surface area contributed by atoms with Crippen molar-refractivity contribution in [2.45, 2.75) is 102 Å². The van der Waals surface area contributed by atoms with Gasteiger partial charge in [-0.05, 0) is 123 Å². The molecule has 2 aromatic rings. The largest absolute Gasteiger partial charge is 0.481 e. The molecule has 1 aromatic carbocycles. The summed E-state index contributed by atoms with van der Waals surface area (Å²) >= 11 is 0.